The van der Waals surface area contributed by atoms with Crippen LogP contribution in [0, 0.1) is 5.92 Å². The predicted octanol–water partition coefficient (Wildman–Crippen LogP) is 4.67. The van der Waals surface area contributed by atoms with E-state index in [9.17, 15) is 5.11 Å². The van der Waals surface area contributed by atoms with Crippen molar-refractivity contribution in [1.82, 2.24) is 0 Å². The first-order valence-electron chi connectivity index (χ1n) is 7.57. The normalized spacial score (nSPS) is 12.9. The van der Waals surface area contributed by atoms with Crippen LogP contribution in [0.15, 0.2) is 12.7 Å². The van der Waals surface area contributed by atoms with Crippen LogP contribution >= 0.6 is 0 Å². The van der Waals surface area contributed by atoms with Gasteiger partial charge in [-0.05, 0) is 18.8 Å². The van der Waals surface area contributed by atoms with E-state index in [4.69, 9.17) is 4.74 Å². The van der Waals surface area contributed by atoms with Crippen molar-refractivity contribution in [1.29, 1.82) is 0 Å². The second-order valence-corrected chi connectivity index (χ2v) is 5.52. The molecule has 0 radical (unpaired) electrons. The molecular weight excluding hydrogens is 224 g/mol. The lowest BCUT2D eigenvalue weighted by Gasteiger charge is -2.10. The summed E-state index contributed by atoms with van der Waals surface area (Å²) in [4.78, 5) is 0. The highest BCUT2D eigenvalue weighted by Gasteiger charge is 2.02. The fraction of sp³-hybridized carbons (Fsp3) is 0.875. The van der Waals surface area contributed by atoms with E-state index in [1.54, 1.807) is 6.08 Å². The van der Waals surface area contributed by atoms with Crippen LogP contribution in [-0.2, 0) is 4.74 Å². The van der Waals surface area contributed by atoms with Gasteiger partial charge in [-0.15, -0.1) is 6.58 Å². The van der Waals surface area contributed by atoms with Gasteiger partial charge in [-0.25, -0.2) is 0 Å². The van der Waals surface area contributed by atoms with Crippen molar-refractivity contribution in [2.24, 2.45) is 5.92 Å². The maximum atomic E-state index is 9.43. The van der Waals surface area contributed by atoms with Gasteiger partial charge < -0.3 is 9.84 Å². The summed E-state index contributed by atoms with van der Waals surface area (Å²) in [6.07, 6.45) is 12.2. The summed E-state index contributed by atoms with van der Waals surface area (Å²) in [6, 6.07) is 0. The second kappa shape index (κ2) is 13.1. The molecule has 0 aliphatic rings. The number of aliphatic hydroxyl groups excluding tert-OH is 1. The van der Waals surface area contributed by atoms with Crippen LogP contribution in [0.25, 0.3) is 0 Å². The minimum atomic E-state index is -0.603. The smallest absolute Gasteiger partial charge is 0.154 e. The quantitative estimate of drug-likeness (QED) is 0.295. The number of unbranched alkanes of at least 4 members (excludes halogenated alkanes) is 6. The van der Waals surface area contributed by atoms with E-state index in [1.165, 1.54) is 44.9 Å². The monoisotopic (exact) mass is 256 g/mol. The Morgan fingerprint density at radius 3 is 1.94 bits per heavy atom. The highest BCUT2D eigenvalue weighted by molar-refractivity contribution is 4.64. The second-order valence-electron chi connectivity index (χ2n) is 5.52. The van der Waals surface area contributed by atoms with Crippen LogP contribution < -0.4 is 0 Å². The SMILES string of the molecule is C=CCOC(O)CCCCCCCCCC(C)C. The number of aliphatic hydroxyl groups is 1. The summed E-state index contributed by atoms with van der Waals surface area (Å²) in [7, 11) is 0. The van der Waals surface area contributed by atoms with Gasteiger partial charge in [0.05, 0.1) is 6.61 Å². The molecule has 2 nitrogen and oxygen atoms in total. The van der Waals surface area contributed by atoms with Gasteiger partial charge in [0.2, 0.25) is 0 Å². The molecule has 0 spiro atoms. The van der Waals surface area contributed by atoms with Crippen LogP contribution in [0.2, 0.25) is 0 Å². The molecular formula is C16H32O2. The highest BCUT2D eigenvalue weighted by atomic mass is 16.6. The average molecular weight is 256 g/mol. The van der Waals surface area contributed by atoms with Gasteiger partial charge >= 0.3 is 0 Å². The Morgan fingerprint density at radius 1 is 0.944 bits per heavy atom. The highest BCUT2D eigenvalue weighted by Crippen LogP contribution is 2.13. The van der Waals surface area contributed by atoms with Gasteiger partial charge in [0, 0.05) is 0 Å². The van der Waals surface area contributed by atoms with Crippen molar-refractivity contribution in [3.8, 4) is 0 Å². The number of rotatable bonds is 13. The molecule has 1 N–H and O–H groups in total. The van der Waals surface area contributed by atoms with E-state index in [0.717, 1.165) is 18.8 Å². The first-order chi connectivity index (χ1) is 8.66. The summed E-state index contributed by atoms with van der Waals surface area (Å²) < 4.78 is 5.11. The number of hydrogen-bond donors (Lipinski definition) is 1. The summed E-state index contributed by atoms with van der Waals surface area (Å²) in [5, 5.41) is 9.43. The minimum Gasteiger partial charge on any atom is -0.368 e. The maximum Gasteiger partial charge on any atom is 0.154 e. The summed E-state index contributed by atoms with van der Waals surface area (Å²) in [5.41, 5.74) is 0. The predicted molar refractivity (Wildman–Crippen MR) is 78.5 cm³/mol. The Kier molecular flexibility index (Phi) is 12.9. The lowest BCUT2D eigenvalue weighted by atomic mass is 10.0. The van der Waals surface area contributed by atoms with Crippen molar-refractivity contribution in [3.63, 3.8) is 0 Å². The standard InChI is InChI=1S/C16H32O2/c1-4-14-18-16(17)13-11-9-7-5-6-8-10-12-15(2)3/h4,15-17H,1,5-14H2,2-3H3. The van der Waals surface area contributed by atoms with Crippen molar-refractivity contribution in [2.75, 3.05) is 6.61 Å². The minimum absolute atomic E-state index is 0.441. The first kappa shape index (κ1) is 17.7. The molecule has 108 valence electrons. The van der Waals surface area contributed by atoms with Crippen molar-refractivity contribution < 1.29 is 9.84 Å². The fourth-order valence-corrected chi connectivity index (χ4v) is 2.02. The Labute approximate surface area is 113 Å². The lowest BCUT2D eigenvalue weighted by molar-refractivity contribution is -0.0937. The molecule has 0 rings (SSSR count). The van der Waals surface area contributed by atoms with Gasteiger partial charge in [0.1, 0.15) is 0 Å². The number of hydrogen-bond acceptors (Lipinski definition) is 2. The third-order valence-corrected chi connectivity index (χ3v) is 3.14. The molecule has 0 aromatic rings. The van der Waals surface area contributed by atoms with Crippen molar-refractivity contribution in [3.05, 3.63) is 12.7 Å². The van der Waals surface area contributed by atoms with Gasteiger partial charge in [0.15, 0.2) is 6.29 Å². The van der Waals surface area contributed by atoms with Crippen molar-refractivity contribution in [2.45, 2.75) is 77.9 Å². The maximum absolute atomic E-state index is 9.43. The zero-order valence-corrected chi connectivity index (χ0v) is 12.4. The van der Waals surface area contributed by atoms with Crippen LogP contribution in [0.1, 0.15) is 71.6 Å². The molecule has 0 bridgehead atoms. The van der Waals surface area contributed by atoms with Crippen molar-refractivity contribution >= 4 is 0 Å². The third-order valence-electron chi connectivity index (χ3n) is 3.14. The molecule has 0 amide bonds. The van der Waals surface area contributed by atoms with E-state index in [2.05, 4.69) is 20.4 Å². The van der Waals surface area contributed by atoms with Gasteiger partial charge in [-0.2, -0.15) is 0 Å². The molecule has 0 aliphatic carbocycles. The van der Waals surface area contributed by atoms with E-state index >= 15 is 0 Å². The van der Waals surface area contributed by atoms with Crippen LogP contribution in [-0.4, -0.2) is 18.0 Å². The Hall–Kier alpha value is -0.340. The van der Waals surface area contributed by atoms with Crippen LogP contribution in [0.3, 0.4) is 0 Å². The lowest BCUT2D eigenvalue weighted by Crippen LogP contribution is -2.11. The molecule has 0 aromatic heterocycles. The topological polar surface area (TPSA) is 29.5 Å². The molecule has 0 saturated carbocycles. The van der Waals surface area contributed by atoms with Gasteiger partial charge in [-0.3, -0.25) is 0 Å². The molecule has 1 unspecified atom stereocenters. The third kappa shape index (κ3) is 13.7. The Bertz CT molecular complexity index is 178. The zero-order valence-electron chi connectivity index (χ0n) is 12.4. The van der Waals surface area contributed by atoms with E-state index < -0.39 is 6.29 Å². The molecule has 2 heteroatoms. The molecule has 1 atom stereocenters. The summed E-state index contributed by atoms with van der Waals surface area (Å²) >= 11 is 0. The van der Waals surface area contributed by atoms with Crippen LogP contribution in [0.4, 0.5) is 0 Å². The summed E-state index contributed by atoms with van der Waals surface area (Å²) in [6.45, 7) is 8.58. The zero-order chi connectivity index (χ0) is 13.6. The Balaban J connectivity index is 3.09. The van der Waals surface area contributed by atoms with Gasteiger partial charge in [0.25, 0.3) is 0 Å². The van der Waals surface area contributed by atoms with E-state index in [0.29, 0.717) is 6.61 Å². The summed E-state index contributed by atoms with van der Waals surface area (Å²) in [5.74, 6) is 0.849. The largest absolute Gasteiger partial charge is 0.368 e. The van der Waals surface area contributed by atoms with E-state index in [1.807, 2.05) is 0 Å². The molecule has 0 heterocycles. The molecule has 18 heavy (non-hydrogen) atoms. The first-order valence-corrected chi connectivity index (χ1v) is 7.57. The average Bonchev–Trinajstić information content (AvgIpc) is 2.34. The molecule has 0 aliphatic heterocycles. The van der Waals surface area contributed by atoms with Gasteiger partial charge in [-0.1, -0.05) is 64.9 Å². The molecule has 0 saturated heterocycles. The van der Waals surface area contributed by atoms with Crippen LogP contribution in [0.5, 0.6) is 0 Å². The van der Waals surface area contributed by atoms with E-state index in [-0.39, 0.29) is 0 Å². The molecule has 0 aromatic carbocycles. The molecule has 0 fully saturated rings. The fourth-order valence-electron chi connectivity index (χ4n) is 2.02. The Morgan fingerprint density at radius 2 is 1.44 bits per heavy atom. The number of ether oxygens (including phenoxy) is 1.